The molecule has 0 aliphatic heterocycles. The summed E-state index contributed by atoms with van der Waals surface area (Å²) in [5.41, 5.74) is 14.5. The van der Waals surface area contributed by atoms with Crippen molar-refractivity contribution in [3.8, 4) is 16.2 Å². The summed E-state index contributed by atoms with van der Waals surface area (Å²) in [5.74, 6) is -0.0979. The first-order valence-electron chi connectivity index (χ1n) is 8.23. The van der Waals surface area contributed by atoms with Crippen molar-refractivity contribution < 1.29 is 9.90 Å². The predicted octanol–water partition coefficient (Wildman–Crippen LogP) is 5.28. The number of aromatic hydroxyl groups is 1. The lowest BCUT2D eigenvalue weighted by atomic mass is 10.1. The first-order valence-corrected chi connectivity index (χ1v) is 9.87. The van der Waals surface area contributed by atoms with Crippen molar-refractivity contribution in [1.82, 2.24) is 0 Å². The molecule has 0 aliphatic carbocycles. The van der Waals surface area contributed by atoms with Crippen molar-refractivity contribution in [3.05, 3.63) is 63.0 Å². The Hall–Kier alpha value is -2.54. The minimum Gasteiger partial charge on any atom is -0.506 e. The monoisotopic (exact) mass is 433 g/mol. The van der Waals surface area contributed by atoms with E-state index >= 15 is 0 Å². The number of anilines is 2. The third-order valence-electron chi connectivity index (χ3n) is 4.21. The lowest BCUT2D eigenvalue weighted by molar-refractivity contribution is 0.100. The van der Waals surface area contributed by atoms with Crippen LogP contribution < -0.4 is 11.5 Å². The van der Waals surface area contributed by atoms with Crippen LogP contribution in [-0.4, -0.2) is 23.1 Å². The Morgan fingerprint density at radius 1 is 1.11 bits per heavy atom. The van der Waals surface area contributed by atoms with E-state index in [0.717, 1.165) is 5.56 Å². The maximum atomic E-state index is 12.3. The van der Waals surface area contributed by atoms with Gasteiger partial charge in [0.15, 0.2) is 5.78 Å². The zero-order chi connectivity index (χ0) is 20.4. The number of benzene rings is 2. The number of thiophene rings is 1. The molecule has 0 atom stereocenters. The summed E-state index contributed by atoms with van der Waals surface area (Å²) in [4.78, 5) is 17.3. The number of ketones is 1. The van der Waals surface area contributed by atoms with Crippen molar-refractivity contribution in [3.63, 3.8) is 0 Å². The van der Waals surface area contributed by atoms with Crippen LogP contribution in [0.5, 0.6) is 5.75 Å². The Labute approximate surface area is 176 Å². The molecule has 2 aromatic carbocycles. The third kappa shape index (κ3) is 4.14. The Morgan fingerprint density at radius 2 is 1.86 bits per heavy atom. The Bertz CT molecular complexity index is 1090. The quantitative estimate of drug-likeness (QED) is 0.289. The number of hydrogen-bond acceptors (Lipinski definition) is 6. The van der Waals surface area contributed by atoms with Crippen LogP contribution in [0.4, 0.5) is 11.4 Å². The van der Waals surface area contributed by atoms with E-state index in [2.05, 4.69) is 4.99 Å². The fraction of sp³-hybridized carbons (Fsp3) is 0.100. The molecule has 5 nitrogen and oxygen atoms in total. The number of carbonyl (C=O) groups excluding carboxylic acids is 1. The summed E-state index contributed by atoms with van der Waals surface area (Å²) in [6.07, 6.45) is 0. The number of nitrogens with two attached hydrogens (primary N) is 2. The molecule has 1 heterocycles. The number of nitrogen functional groups attached to an aromatic ring is 2. The highest BCUT2D eigenvalue weighted by Crippen LogP contribution is 2.40. The molecule has 8 heteroatoms. The molecule has 144 valence electrons. The van der Waals surface area contributed by atoms with Gasteiger partial charge in [-0.2, -0.15) is 0 Å². The molecule has 0 saturated heterocycles. The number of Topliss-reactive ketones (excluding diaryl/α,β-unsaturated/α-hetero) is 1. The molecule has 5 N–H and O–H groups in total. The van der Waals surface area contributed by atoms with Crippen molar-refractivity contribution >= 4 is 57.4 Å². The van der Waals surface area contributed by atoms with Gasteiger partial charge in [0.2, 0.25) is 0 Å². The van der Waals surface area contributed by atoms with Crippen LogP contribution in [0.15, 0.2) is 46.8 Å². The van der Waals surface area contributed by atoms with Crippen LogP contribution in [-0.2, 0) is 0 Å². The molecule has 1 aromatic heterocycles. The lowest BCUT2D eigenvalue weighted by Gasteiger charge is -2.05. The number of carbonyl (C=O) groups is 1. The first kappa shape index (κ1) is 20.2. The zero-order valence-electron chi connectivity index (χ0n) is 14.9. The summed E-state index contributed by atoms with van der Waals surface area (Å²) < 4.78 is 0. The number of aliphatic imine (C=N–C) groups is 1. The summed E-state index contributed by atoms with van der Waals surface area (Å²) >= 11 is 13.4. The largest absolute Gasteiger partial charge is 0.506 e. The smallest absolute Gasteiger partial charge is 0.184 e. The third-order valence-corrected chi connectivity index (χ3v) is 5.96. The molecule has 0 bridgehead atoms. The molecule has 3 aromatic rings. The average molecular weight is 434 g/mol. The zero-order valence-corrected chi connectivity index (χ0v) is 17.2. The second-order valence-electron chi connectivity index (χ2n) is 6.12. The predicted molar refractivity (Wildman–Crippen MR) is 118 cm³/mol. The number of nitrogens with zero attached hydrogens (tertiary/aromatic N) is 1. The van der Waals surface area contributed by atoms with Gasteiger partial charge in [0.05, 0.1) is 26.3 Å². The van der Waals surface area contributed by atoms with E-state index in [-0.39, 0.29) is 18.1 Å². The number of rotatable bonds is 5. The molecule has 0 fully saturated rings. The highest BCUT2D eigenvalue weighted by atomic mass is 35.5. The van der Waals surface area contributed by atoms with Crippen LogP contribution in [0, 0.1) is 0 Å². The highest BCUT2D eigenvalue weighted by molar-refractivity contribution is 7.14. The fourth-order valence-corrected chi connectivity index (χ4v) is 3.87. The molecule has 0 amide bonds. The fourth-order valence-electron chi connectivity index (χ4n) is 2.57. The van der Waals surface area contributed by atoms with Gasteiger partial charge in [-0.05, 0) is 42.8 Å². The topological polar surface area (TPSA) is 102 Å². The van der Waals surface area contributed by atoms with Gasteiger partial charge in [0.1, 0.15) is 12.3 Å². The second-order valence-corrected chi connectivity index (χ2v) is 7.82. The van der Waals surface area contributed by atoms with Gasteiger partial charge in [0.25, 0.3) is 0 Å². The molecule has 0 saturated carbocycles. The van der Waals surface area contributed by atoms with Gasteiger partial charge < -0.3 is 16.6 Å². The van der Waals surface area contributed by atoms with Gasteiger partial charge in [0, 0.05) is 22.2 Å². The summed E-state index contributed by atoms with van der Waals surface area (Å²) in [7, 11) is 0. The van der Waals surface area contributed by atoms with Crippen molar-refractivity contribution in [1.29, 1.82) is 0 Å². The lowest BCUT2D eigenvalue weighted by Crippen LogP contribution is -2.07. The second kappa shape index (κ2) is 8.22. The van der Waals surface area contributed by atoms with Crippen LogP contribution in [0.25, 0.3) is 10.4 Å². The molecule has 0 spiro atoms. The number of hydrogen-bond donors (Lipinski definition) is 3. The summed E-state index contributed by atoms with van der Waals surface area (Å²) in [6, 6.07) is 9.89. The van der Waals surface area contributed by atoms with Crippen LogP contribution >= 0.6 is 34.5 Å². The SMILES string of the molecule is CC(=NCC(=O)c1ccc(N)c(N)c1)c1csc(-c2ccc(Cl)c(Cl)c2)c1O. The van der Waals surface area contributed by atoms with Crippen molar-refractivity contribution in [2.75, 3.05) is 18.0 Å². The molecule has 0 radical (unpaired) electrons. The van der Waals surface area contributed by atoms with Gasteiger partial charge in [-0.3, -0.25) is 9.79 Å². The van der Waals surface area contributed by atoms with Crippen LogP contribution in [0.2, 0.25) is 10.0 Å². The maximum absolute atomic E-state index is 12.3. The van der Waals surface area contributed by atoms with Gasteiger partial charge >= 0.3 is 0 Å². The first-order chi connectivity index (χ1) is 13.3. The standard InChI is InChI=1S/C20H17Cl2N3O2S/c1-10(25-8-18(26)11-3-5-16(23)17(24)7-11)13-9-28-20(19(13)27)12-2-4-14(21)15(22)6-12/h2-7,9,27H,8,23-24H2,1H3. The van der Waals surface area contributed by atoms with E-state index in [9.17, 15) is 9.90 Å². The van der Waals surface area contributed by atoms with Gasteiger partial charge in [-0.25, -0.2) is 0 Å². The van der Waals surface area contributed by atoms with Crippen molar-refractivity contribution in [2.45, 2.75) is 6.92 Å². The normalized spacial score (nSPS) is 11.6. The Balaban J connectivity index is 1.81. The van der Waals surface area contributed by atoms with E-state index in [0.29, 0.717) is 43.1 Å². The van der Waals surface area contributed by atoms with E-state index < -0.39 is 0 Å². The molecule has 0 aliphatic rings. The van der Waals surface area contributed by atoms with Crippen LogP contribution in [0.3, 0.4) is 0 Å². The Morgan fingerprint density at radius 3 is 2.54 bits per heavy atom. The van der Waals surface area contributed by atoms with Crippen molar-refractivity contribution in [2.24, 2.45) is 4.99 Å². The number of halogens is 2. The van der Waals surface area contributed by atoms with E-state index in [4.69, 9.17) is 34.7 Å². The van der Waals surface area contributed by atoms with Gasteiger partial charge in [-0.15, -0.1) is 11.3 Å². The molecule has 3 rings (SSSR count). The molecule has 28 heavy (non-hydrogen) atoms. The summed E-state index contributed by atoms with van der Waals surface area (Å²) in [5, 5.41) is 13.2. The van der Waals surface area contributed by atoms with E-state index in [1.165, 1.54) is 17.4 Å². The van der Waals surface area contributed by atoms with E-state index in [1.54, 1.807) is 42.6 Å². The molecule has 0 unspecified atom stereocenters. The van der Waals surface area contributed by atoms with Crippen LogP contribution in [0.1, 0.15) is 22.8 Å². The molecular formula is C20H17Cl2N3O2S. The minimum absolute atomic E-state index is 0.0629. The maximum Gasteiger partial charge on any atom is 0.184 e. The van der Waals surface area contributed by atoms with E-state index in [1.807, 2.05) is 0 Å². The minimum atomic E-state index is -0.189. The highest BCUT2D eigenvalue weighted by Gasteiger charge is 2.16. The molecular weight excluding hydrogens is 417 g/mol. The Kier molecular flexibility index (Phi) is 5.93. The summed E-state index contributed by atoms with van der Waals surface area (Å²) in [6.45, 7) is 1.68. The average Bonchev–Trinajstić information content (AvgIpc) is 3.05. The van der Waals surface area contributed by atoms with Gasteiger partial charge in [-0.1, -0.05) is 29.3 Å².